The average Bonchev–Trinajstić information content (AvgIpc) is 2.90. The van der Waals surface area contributed by atoms with Crippen molar-refractivity contribution in [3.05, 3.63) is 29.3 Å². The summed E-state index contributed by atoms with van der Waals surface area (Å²) in [4.78, 5) is 2.27. The molecule has 0 amide bonds. The van der Waals surface area contributed by atoms with Crippen molar-refractivity contribution in [2.24, 2.45) is 10.9 Å². The van der Waals surface area contributed by atoms with Crippen LogP contribution in [0.25, 0.3) is 0 Å². The third-order valence-corrected chi connectivity index (χ3v) is 4.57. The first-order valence-corrected chi connectivity index (χ1v) is 7.18. The largest absolute Gasteiger partial charge is 0.409 e. The van der Waals surface area contributed by atoms with E-state index in [1.165, 1.54) is 12.2 Å². The van der Waals surface area contributed by atoms with Gasteiger partial charge in [0.25, 0.3) is 0 Å². The molecule has 3 N–H and O–H groups in total. The van der Waals surface area contributed by atoms with Crippen molar-refractivity contribution < 1.29 is 5.21 Å². The molecule has 0 bridgehead atoms. The predicted octanol–water partition coefficient (Wildman–Crippen LogP) is 2.03. The second-order valence-electron chi connectivity index (χ2n) is 4.58. The van der Waals surface area contributed by atoms with Gasteiger partial charge in [0.1, 0.15) is 0 Å². The lowest BCUT2D eigenvalue weighted by Gasteiger charge is -2.29. The molecule has 1 aliphatic heterocycles. The maximum absolute atomic E-state index is 8.89. The standard InChI is InChI=1S/C13H19N3OS/c1-9-4-3-5-11(13(14)15-17)12(9)16(2)10-6-7-18-8-10/h3-5,10,17H,6-8H2,1-2H3,(H2,14,15). The van der Waals surface area contributed by atoms with Gasteiger partial charge < -0.3 is 15.8 Å². The molecule has 0 aliphatic carbocycles. The second-order valence-corrected chi connectivity index (χ2v) is 5.73. The molecular formula is C13H19N3OS. The highest BCUT2D eigenvalue weighted by atomic mass is 32.2. The number of hydrogen-bond donors (Lipinski definition) is 2. The van der Waals surface area contributed by atoms with Crippen molar-refractivity contribution in [3.63, 3.8) is 0 Å². The summed E-state index contributed by atoms with van der Waals surface area (Å²) in [5.74, 6) is 2.52. The normalized spacial score (nSPS) is 20.1. The predicted molar refractivity (Wildman–Crippen MR) is 77.8 cm³/mol. The highest BCUT2D eigenvalue weighted by molar-refractivity contribution is 7.99. The Labute approximate surface area is 112 Å². The Bertz CT molecular complexity index is 456. The molecule has 0 aromatic heterocycles. The number of benzene rings is 1. The quantitative estimate of drug-likeness (QED) is 0.380. The van der Waals surface area contributed by atoms with Crippen LogP contribution in [-0.2, 0) is 0 Å². The first-order chi connectivity index (χ1) is 8.65. The summed E-state index contributed by atoms with van der Waals surface area (Å²) in [7, 11) is 2.09. The van der Waals surface area contributed by atoms with Crippen molar-refractivity contribution in [1.82, 2.24) is 0 Å². The van der Waals surface area contributed by atoms with Crippen LogP contribution in [0.3, 0.4) is 0 Å². The Kier molecular flexibility index (Phi) is 4.01. The van der Waals surface area contributed by atoms with E-state index in [0.29, 0.717) is 6.04 Å². The maximum atomic E-state index is 8.89. The van der Waals surface area contributed by atoms with Crippen LogP contribution in [0, 0.1) is 6.92 Å². The lowest BCUT2D eigenvalue weighted by Crippen LogP contribution is -2.33. The lowest BCUT2D eigenvalue weighted by molar-refractivity contribution is 0.318. The molecule has 1 aromatic rings. The molecule has 1 heterocycles. The van der Waals surface area contributed by atoms with E-state index in [1.54, 1.807) is 0 Å². The van der Waals surface area contributed by atoms with E-state index < -0.39 is 0 Å². The molecule has 0 spiro atoms. The summed E-state index contributed by atoms with van der Waals surface area (Å²) in [5.41, 5.74) is 8.79. The van der Waals surface area contributed by atoms with E-state index in [0.717, 1.165) is 22.6 Å². The first-order valence-electron chi connectivity index (χ1n) is 6.03. The summed E-state index contributed by atoms with van der Waals surface area (Å²) >= 11 is 1.98. The fourth-order valence-corrected chi connectivity index (χ4v) is 3.67. The van der Waals surface area contributed by atoms with E-state index in [9.17, 15) is 0 Å². The van der Waals surface area contributed by atoms with Gasteiger partial charge in [-0.2, -0.15) is 11.8 Å². The van der Waals surface area contributed by atoms with E-state index in [4.69, 9.17) is 10.9 Å². The highest BCUT2D eigenvalue weighted by Crippen LogP contribution is 2.30. The van der Waals surface area contributed by atoms with Crippen molar-refractivity contribution in [1.29, 1.82) is 0 Å². The summed E-state index contributed by atoms with van der Waals surface area (Å²) in [6, 6.07) is 6.42. The topological polar surface area (TPSA) is 61.9 Å². The van der Waals surface area contributed by atoms with Crippen molar-refractivity contribution in [3.8, 4) is 0 Å². The highest BCUT2D eigenvalue weighted by Gasteiger charge is 2.23. The molecule has 1 fully saturated rings. The molecule has 1 aliphatic rings. The Hall–Kier alpha value is -1.36. The molecule has 1 saturated heterocycles. The van der Waals surface area contributed by atoms with Crippen molar-refractivity contribution in [2.45, 2.75) is 19.4 Å². The lowest BCUT2D eigenvalue weighted by atomic mass is 10.0. The summed E-state index contributed by atoms with van der Waals surface area (Å²) < 4.78 is 0. The molecule has 0 saturated carbocycles. The minimum Gasteiger partial charge on any atom is -0.409 e. The number of anilines is 1. The number of nitrogens with zero attached hydrogens (tertiary/aromatic N) is 2. The molecule has 1 aromatic carbocycles. The number of rotatable bonds is 3. The molecule has 4 nitrogen and oxygen atoms in total. The average molecular weight is 265 g/mol. The van der Waals surface area contributed by atoms with Crippen molar-refractivity contribution in [2.75, 3.05) is 23.5 Å². The van der Waals surface area contributed by atoms with E-state index in [2.05, 4.69) is 30.1 Å². The summed E-state index contributed by atoms with van der Waals surface area (Å²) in [6.45, 7) is 2.06. The van der Waals surface area contributed by atoms with Gasteiger partial charge in [0.2, 0.25) is 0 Å². The molecule has 5 heteroatoms. The Morgan fingerprint density at radius 2 is 2.33 bits per heavy atom. The summed E-state index contributed by atoms with van der Waals surface area (Å²) in [5, 5.41) is 12.0. The van der Waals surface area contributed by atoms with Crippen LogP contribution in [0.2, 0.25) is 0 Å². The van der Waals surface area contributed by atoms with Gasteiger partial charge in [-0.1, -0.05) is 17.3 Å². The number of oxime groups is 1. The van der Waals surface area contributed by atoms with E-state index in [-0.39, 0.29) is 5.84 Å². The van der Waals surface area contributed by atoms with Crippen LogP contribution in [-0.4, -0.2) is 35.6 Å². The SMILES string of the molecule is Cc1cccc(/C(N)=N/O)c1N(C)C1CCSC1. The Morgan fingerprint density at radius 3 is 2.94 bits per heavy atom. The number of amidine groups is 1. The van der Waals surface area contributed by atoms with Gasteiger partial charge in [0, 0.05) is 24.4 Å². The minimum absolute atomic E-state index is 0.172. The van der Waals surface area contributed by atoms with Gasteiger partial charge in [0.15, 0.2) is 5.84 Å². The molecule has 18 heavy (non-hydrogen) atoms. The molecule has 98 valence electrons. The number of thioether (sulfide) groups is 1. The molecule has 0 radical (unpaired) electrons. The van der Waals surface area contributed by atoms with Crippen LogP contribution in [0.4, 0.5) is 5.69 Å². The number of para-hydroxylation sites is 1. The van der Waals surface area contributed by atoms with Crippen LogP contribution in [0.1, 0.15) is 17.5 Å². The number of aryl methyl sites for hydroxylation is 1. The third-order valence-electron chi connectivity index (χ3n) is 3.43. The number of nitrogens with two attached hydrogens (primary N) is 1. The van der Waals surface area contributed by atoms with Crippen LogP contribution < -0.4 is 10.6 Å². The zero-order valence-corrected chi connectivity index (χ0v) is 11.6. The smallest absolute Gasteiger partial charge is 0.172 e. The van der Waals surface area contributed by atoms with E-state index in [1.807, 2.05) is 23.9 Å². The molecule has 1 unspecified atom stereocenters. The second kappa shape index (κ2) is 5.52. The first kappa shape index (κ1) is 13.1. The molecular weight excluding hydrogens is 246 g/mol. The monoisotopic (exact) mass is 265 g/mol. The van der Waals surface area contributed by atoms with Gasteiger partial charge in [-0.25, -0.2) is 0 Å². The molecule has 1 atom stereocenters. The van der Waals surface area contributed by atoms with Gasteiger partial charge >= 0.3 is 0 Å². The zero-order valence-electron chi connectivity index (χ0n) is 10.8. The van der Waals surface area contributed by atoms with Crippen LogP contribution in [0.15, 0.2) is 23.4 Å². The zero-order chi connectivity index (χ0) is 13.1. The van der Waals surface area contributed by atoms with Gasteiger partial charge in [-0.05, 0) is 30.7 Å². The Balaban J connectivity index is 2.41. The maximum Gasteiger partial charge on any atom is 0.172 e. The van der Waals surface area contributed by atoms with Gasteiger partial charge in [-0.15, -0.1) is 0 Å². The minimum atomic E-state index is 0.172. The van der Waals surface area contributed by atoms with Crippen LogP contribution >= 0.6 is 11.8 Å². The molecule has 2 rings (SSSR count). The summed E-state index contributed by atoms with van der Waals surface area (Å²) in [6.07, 6.45) is 1.19. The number of hydrogen-bond acceptors (Lipinski definition) is 4. The third kappa shape index (κ3) is 2.41. The van der Waals surface area contributed by atoms with E-state index >= 15 is 0 Å². The van der Waals surface area contributed by atoms with Gasteiger partial charge in [-0.3, -0.25) is 0 Å². The fourth-order valence-electron chi connectivity index (χ4n) is 2.40. The fraction of sp³-hybridized carbons (Fsp3) is 0.462. The van der Waals surface area contributed by atoms with Gasteiger partial charge in [0.05, 0.1) is 5.69 Å². The van der Waals surface area contributed by atoms with Crippen molar-refractivity contribution >= 4 is 23.3 Å². The van der Waals surface area contributed by atoms with Crippen LogP contribution in [0.5, 0.6) is 0 Å². The Morgan fingerprint density at radius 1 is 1.56 bits per heavy atom.